The van der Waals surface area contributed by atoms with Crippen LogP contribution in [0.15, 0.2) is 24.3 Å². The molecule has 0 atom stereocenters. The number of alkyl carbamates (subject to hydrolysis) is 1. The lowest BCUT2D eigenvalue weighted by Gasteiger charge is -2.05. The van der Waals surface area contributed by atoms with Crippen LogP contribution in [0.25, 0.3) is 10.9 Å². The summed E-state index contributed by atoms with van der Waals surface area (Å²) in [6, 6.07) is 8.04. The minimum Gasteiger partial charge on any atom is -0.450 e. The molecule has 0 radical (unpaired) electrons. The van der Waals surface area contributed by atoms with Crippen molar-refractivity contribution in [3.63, 3.8) is 0 Å². The van der Waals surface area contributed by atoms with Crippen molar-refractivity contribution in [3.05, 3.63) is 35.5 Å². The minimum atomic E-state index is -0.378. The first-order chi connectivity index (χ1) is 8.22. The van der Waals surface area contributed by atoms with Crippen molar-refractivity contribution in [2.75, 3.05) is 6.61 Å². The number of benzene rings is 1. The summed E-state index contributed by atoms with van der Waals surface area (Å²) < 4.78 is 4.83. The molecule has 2 N–H and O–H groups in total. The highest BCUT2D eigenvalue weighted by Gasteiger charge is 2.09. The number of aryl methyl sites for hydroxylation is 1. The van der Waals surface area contributed by atoms with Crippen molar-refractivity contribution < 1.29 is 9.53 Å². The van der Waals surface area contributed by atoms with Crippen LogP contribution in [0.3, 0.4) is 0 Å². The van der Waals surface area contributed by atoms with Crippen LogP contribution in [0, 0.1) is 6.92 Å². The number of para-hydroxylation sites is 1. The molecule has 2 rings (SSSR count). The number of aromatic amines is 1. The molecule has 0 spiro atoms. The molecular weight excluding hydrogens is 216 g/mol. The fourth-order valence-corrected chi connectivity index (χ4v) is 1.91. The van der Waals surface area contributed by atoms with Gasteiger partial charge in [-0.05, 0) is 25.5 Å². The maximum absolute atomic E-state index is 11.2. The molecule has 0 unspecified atom stereocenters. The summed E-state index contributed by atoms with van der Waals surface area (Å²) in [5.41, 5.74) is 3.27. The number of fused-ring (bicyclic) bond motifs is 1. The molecule has 1 amide bonds. The Morgan fingerprint density at radius 3 is 2.94 bits per heavy atom. The molecule has 0 fully saturated rings. The SMILES string of the molecule is CCOC(=O)NCc1c(C)[nH]c2ccccc12. The molecule has 0 aliphatic heterocycles. The molecule has 0 saturated heterocycles. The molecular formula is C13H16N2O2. The lowest BCUT2D eigenvalue weighted by molar-refractivity contribution is 0.151. The lowest BCUT2D eigenvalue weighted by atomic mass is 10.1. The van der Waals surface area contributed by atoms with Gasteiger partial charge in [0.25, 0.3) is 0 Å². The molecule has 4 heteroatoms. The predicted molar refractivity (Wildman–Crippen MR) is 66.9 cm³/mol. The Labute approximate surface area is 100.0 Å². The number of aromatic nitrogens is 1. The van der Waals surface area contributed by atoms with Crippen molar-refractivity contribution in [2.45, 2.75) is 20.4 Å². The molecule has 0 aliphatic carbocycles. The second-order valence-corrected chi connectivity index (χ2v) is 3.85. The summed E-state index contributed by atoms with van der Waals surface area (Å²) in [6.07, 6.45) is -0.378. The fraction of sp³-hybridized carbons (Fsp3) is 0.308. The van der Waals surface area contributed by atoms with Crippen LogP contribution in [0.5, 0.6) is 0 Å². The first-order valence-corrected chi connectivity index (χ1v) is 5.69. The molecule has 4 nitrogen and oxygen atoms in total. The van der Waals surface area contributed by atoms with Crippen LogP contribution >= 0.6 is 0 Å². The Morgan fingerprint density at radius 1 is 1.41 bits per heavy atom. The van der Waals surface area contributed by atoms with Crippen LogP contribution in [0.4, 0.5) is 4.79 Å². The van der Waals surface area contributed by atoms with Gasteiger partial charge in [-0.25, -0.2) is 4.79 Å². The van der Waals surface area contributed by atoms with Crippen LogP contribution in [-0.2, 0) is 11.3 Å². The van der Waals surface area contributed by atoms with Crippen LogP contribution in [-0.4, -0.2) is 17.7 Å². The summed E-state index contributed by atoms with van der Waals surface area (Å²) >= 11 is 0. The summed E-state index contributed by atoms with van der Waals surface area (Å²) in [5, 5.41) is 3.88. The first-order valence-electron chi connectivity index (χ1n) is 5.69. The van der Waals surface area contributed by atoms with Gasteiger partial charge >= 0.3 is 6.09 Å². The van der Waals surface area contributed by atoms with E-state index in [2.05, 4.69) is 10.3 Å². The highest BCUT2D eigenvalue weighted by Crippen LogP contribution is 2.21. The highest BCUT2D eigenvalue weighted by molar-refractivity contribution is 5.84. The van der Waals surface area contributed by atoms with Gasteiger partial charge in [-0.3, -0.25) is 0 Å². The number of hydrogen-bond acceptors (Lipinski definition) is 2. The van der Waals surface area contributed by atoms with Crippen molar-refractivity contribution in [3.8, 4) is 0 Å². The quantitative estimate of drug-likeness (QED) is 0.854. The third kappa shape index (κ3) is 2.41. The van der Waals surface area contributed by atoms with E-state index < -0.39 is 0 Å². The van der Waals surface area contributed by atoms with Crippen molar-refractivity contribution in [1.29, 1.82) is 0 Å². The summed E-state index contributed by atoms with van der Waals surface area (Å²) in [6.45, 7) is 4.66. The van der Waals surface area contributed by atoms with E-state index in [1.807, 2.05) is 31.2 Å². The Morgan fingerprint density at radius 2 is 2.18 bits per heavy atom. The molecule has 17 heavy (non-hydrogen) atoms. The Kier molecular flexibility index (Phi) is 3.32. The number of carbonyl (C=O) groups is 1. The Bertz CT molecular complexity index is 531. The third-order valence-electron chi connectivity index (χ3n) is 2.71. The first kappa shape index (κ1) is 11.5. The zero-order valence-electron chi connectivity index (χ0n) is 10.0. The second kappa shape index (κ2) is 4.91. The van der Waals surface area contributed by atoms with E-state index in [0.29, 0.717) is 13.2 Å². The Hall–Kier alpha value is -1.97. The maximum Gasteiger partial charge on any atom is 0.407 e. The van der Waals surface area contributed by atoms with Crippen molar-refractivity contribution in [2.24, 2.45) is 0 Å². The number of H-pyrrole nitrogens is 1. The maximum atomic E-state index is 11.2. The third-order valence-corrected chi connectivity index (χ3v) is 2.71. The van der Waals surface area contributed by atoms with E-state index in [4.69, 9.17) is 4.74 Å². The molecule has 1 aromatic heterocycles. The molecule has 1 aromatic carbocycles. The van der Waals surface area contributed by atoms with E-state index >= 15 is 0 Å². The van der Waals surface area contributed by atoms with Crippen LogP contribution in [0.1, 0.15) is 18.2 Å². The van der Waals surface area contributed by atoms with Gasteiger partial charge < -0.3 is 15.0 Å². The highest BCUT2D eigenvalue weighted by atomic mass is 16.5. The van der Waals surface area contributed by atoms with Crippen LogP contribution in [0.2, 0.25) is 0 Å². The zero-order valence-corrected chi connectivity index (χ0v) is 10.0. The molecule has 90 valence electrons. The van der Waals surface area contributed by atoms with E-state index in [0.717, 1.165) is 22.2 Å². The van der Waals surface area contributed by atoms with Crippen molar-refractivity contribution in [1.82, 2.24) is 10.3 Å². The molecule has 0 aliphatic rings. The van der Waals surface area contributed by atoms with Gasteiger partial charge in [-0.1, -0.05) is 18.2 Å². The number of nitrogens with one attached hydrogen (secondary N) is 2. The van der Waals surface area contributed by atoms with E-state index in [1.54, 1.807) is 6.92 Å². The standard InChI is InChI=1S/C13H16N2O2/c1-3-17-13(16)14-8-11-9(2)15-12-7-5-4-6-10(11)12/h4-7,15H,3,8H2,1-2H3,(H,14,16). The summed E-state index contributed by atoms with van der Waals surface area (Å²) in [4.78, 5) is 14.5. The fourth-order valence-electron chi connectivity index (χ4n) is 1.91. The van der Waals surface area contributed by atoms with Gasteiger partial charge in [0.05, 0.1) is 6.61 Å². The topological polar surface area (TPSA) is 54.1 Å². The average Bonchev–Trinajstić information content (AvgIpc) is 2.62. The Balaban J connectivity index is 2.18. The minimum absolute atomic E-state index is 0.378. The predicted octanol–water partition coefficient (Wildman–Crippen LogP) is 2.72. The van der Waals surface area contributed by atoms with Gasteiger partial charge in [0.1, 0.15) is 0 Å². The van der Waals surface area contributed by atoms with E-state index in [1.165, 1.54) is 0 Å². The molecule has 1 heterocycles. The second-order valence-electron chi connectivity index (χ2n) is 3.85. The number of rotatable bonds is 3. The average molecular weight is 232 g/mol. The number of ether oxygens (including phenoxy) is 1. The van der Waals surface area contributed by atoms with E-state index in [-0.39, 0.29) is 6.09 Å². The van der Waals surface area contributed by atoms with Gasteiger partial charge in [0, 0.05) is 23.1 Å². The van der Waals surface area contributed by atoms with Gasteiger partial charge in [-0.2, -0.15) is 0 Å². The molecule has 0 saturated carbocycles. The number of amides is 1. The normalized spacial score (nSPS) is 10.5. The monoisotopic (exact) mass is 232 g/mol. The van der Waals surface area contributed by atoms with Crippen LogP contribution < -0.4 is 5.32 Å². The van der Waals surface area contributed by atoms with Crippen molar-refractivity contribution >= 4 is 17.0 Å². The zero-order chi connectivity index (χ0) is 12.3. The largest absolute Gasteiger partial charge is 0.450 e. The molecule has 2 aromatic rings. The van der Waals surface area contributed by atoms with Gasteiger partial charge in [-0.15, -0.1) is 0 Å². The van der Waals surface area contributed by atoms with E-state index in [9.17, 15) is 4.79 Å². The smallest absolute Gasteiger partial charge is 0.407 e. The van der Waals surface area contributed by atoms with Gasteiger partial charge in [0.15, 0.2) is 0 Å². The number of carbonyl (C=O) groups excluding carboxylic acids is 1. The summed E-state index contributed by atoms with van der Waals surface area (Å²) in [5.74, 6) is 0. The molecule has 0 bridgehead atoms. The lowest BCUT2D eigenvalue weighted by Crippen LogP contribution is -2.23. The number of hydrogen-bond donors (Lipinski definition) is 2. The summed E-state index contributed by atoms with van der Waals surface area (Å²) in [7, 11) is 0. The van der Waals surface area contributed by atoms with Gasteiger partial charge in [0.2, 0.25) is 0 Å².